The topological polar surface area (TPSA) is 12.0 Å². The number of rotatable bonds is 5. The first kappa shape index (κ1) is 12.2. The largest absolute Gasteiger partial charge is 0.311 e. The van der Waals surface area contributed by atoms with Crippen molar-refractivity contribution >= 4 is 0 Å². The van der Waals surface area contributed by atoms with Gasteiger partial charge in [-0.25, -0.2) is 4.39 Å². The predicted octanol–water partition coefficient (Wildman–Crippen LogP) is 3.85. The fourth-order valence-corrected chi connectivity index (χ4v) is 3.11. The van der Waals surface area contributed by atoms with E-state index in [2.05, 4.69) is 18.3 Å². The number of hydrogen-bond donors (Lipinski definition) is 1. The van der Waals surface area contributed by atoms with Gasteiger partial charge in [-0.3, -0.25) is 0 Å². The molecule has 0 heterocycles. The highest BCUT2D eigenvalue weighted by Crippen LogP contribution is 2.38. The second-order valence-corrected chi connectivity index (χ2v) is 6.17. The lowest BCUT2D eigenvalue weighted by Crippen LogP contribution is -2.44. The summed E-state index contributed by atoms with van der Waals surface area (Å²) in [5.74, 6) is 1.45. The Labute approximate surface area is 109 Å². The first-order chi connectivity index (χ1) is 8.70. The molecule has 2 saturated carbocycles. The third-order valence-corrected chi connectivity index (χ3v) is 4.36. The normalized spacial score (nSPS) is 28.8. The van der Waals surface area contributed by atoms with Gasteiger partial charge in [-0.05, 0) is 55.7 Å². The summed E-state index contributed by atoms with van der Waals surface area (Å²) in [5, 5.41) is 3.71. The molecule has 2 aliphatic rings. The number of halogens is 1. The van der Waals surface area contributed by atoms with Crippen molar-refractivity contribution in [2.45, 2.75) is 57.0 Å². The number of hydrogen-bond acceptors (Lipinski definition) is 1. The van der Waals surface area contributed by atoms with Crippen LogP contribution in [0.2, 0.25) is 0 Å². The van der Waals surface area contributed by atoms with Crippen LogP contribution in [-0.4, -0.2) is 12.1 Å². The first-order valence-corrected chi connectivity index (χ1v) is 7.22. The summed E-state index contributed by atoms with van der Waals surface area (Å²) < 4.78 is 13.1. The maximum absolute atomic E-state index is 13.1. The smallest absolute Gasteiger partial charge is 0.123 e. The van der Waals surface area contributed by atoms with E-state index in [1.807, 2.05) is 6.07 Å². The Balaban J connectivity index is 1.44. The molecule has 1 N–H and O–H groups in total. The van der Waals surface area contributed by atoms with Crippen molar-refractivity contribution in [3.05, 3.63) is 35.6 Å². The van der Waals surface area contributed by atoms with Crippen molar-refractivity contribution in [3.8, 4) is 0 Å². The summed E-state index contributed by atoms with van der Waals surface area (Å²) in [6.07, 6.45) is 6.53. The molecule has 18 heavy (non-hydrogen) atoms. The summed E-state index contributed by atoms with van der Waals surface area (Å²) in [4.78, 5) is 0. The molecule has 2 heteroatoms. The molecule has 0 spiro atoms. The van der Waals surface area contributed by atoms with Crippen LogP contribution in [0.25, 0.3) is 0 Å². The molecular weight excluding hydrogens is 225 g/mol. The molecule has 98 valence electrons. The first-order valence-electron chi connectivity index (χ1n) is 7.22. The average molecular weight is 247 g/mol. The van der Waals surface area contributed by atoms with Gasteiger partial charge >= 0.3 is 0 Å². The molecule has 1 nitrogen and oxygen atoms in total. The molecule has 0 bridgehead atoms. The summed E-state index contributed by atoms with van der Waals surface area (Å²) in [6, 6.07) is 8.38. The average Bonchev–Trinajstić information content (AvgIpc) is 3.06. The van der Waals surface area contributed by atoms with E-state index in [0.717, 1.165) is 5.92 Å². The van der Waals surface area contributed by atoms with Crippen molar-refractivity contribution in [1.82, 2.24) is 5.32 Å². The summed E-state index contributed by atoms with van der Waals surface area (Å²) in [7, 11) is 0. The van der Waals surface area contributed by atoms with Crippen molar-refractivity contribution in [2.75, 3.05) is 0 Å². The van der Waals surface area contributed by atoms with Crippen LogP contribution in [0.1, 0.15) is 50.5 Å². The van der Waals surface area contributed by atoms with Gasteiger partial charge in [0.25, 0.3) is 0 Å². The minimum absolute atomic E-state index is 0.106. The second-order valence-electron chi connectivity index (χ2n) is 6.17. The summed E-state index contributed by atoms with van der Waals surface area (Å²) >= 11 is 0. The Morgan fingerprint density at radius 3 is 2.78 bits per heavy atom. The van der Waals surface area contributed by atoms with Crippen LogP contribution in [0.15, 0.2) is 24.3 Å². The van der Waals surface area contributed by atoms with Crippen molar-refractivity contribution < 1.29 is 4.39 Å². The number of nitrogens with one attached hydrogen (secondary N) is 1. The molecule has 0 radical (unpaired) electrons. The lowest BCUT2D eigenvalue weighted by atomic mass is 9.75. The molecule has 0 saturated heterocycles. The fourth-order valence-electron chi connectivity index (χ4n) is 3.11. The highest BCUT2D eigenvalue weighted by molar-refractivity contribution is 5.23. The van der Waals surface area contributed by atoms with Crippen LogP contribution in [0.5, 0.6) is 0 Å². The summed E-state index contributed by atoms with van der Waals surface area (Å²) in [6.45, 7) is 2.30. The highest BCUT2D eigenvalue weighted by Gasteiger charge is 2.32. The van der Waals surface area contributed by atoms with Gasteiger partial charge in [0.05, 0.1) is 0 Å². The van der Waals surface area contributed by atoms with E-state index < -0.39 is 0 Å². The van der Waals surface area contributed by atoms with Crippen LogP contribution in [0.4, 0.5) is 4.39 Å². The quantitative estimate of drug-likeness (QED) is 0.833. The molecule has 1 aromatic rings. The van der Waals surface area contributed by atoms with E-state index in [-0.39, 0.29) is 5.82 Å². The molecule has 2 aliphatic carbocycles. The van der Waals surface area contributed by atoms with E-state index >= 15 is 0 Å². The van der Waals surface area contributed by atoms with Crippen LogP contribution in [0, 0.1) is 11.7 Å². The molecule has 0 aromatic heterocycles. The molecule has 1 aromatic carbocycles. The summed E-state index contributed by atoms with van der Waals surface area (Å²) in [5.41, 5.74) is 1.17. The zero-order valence-corrected chi connectivity index (χ0v) is 11.0. The molecule has 0 amide bonds. The Morgan fingerprint density at radius 1 is 1.33 bits per heavy atom. The van der Waals surface area contributed by atoms with Crippen LogP contribution in [-0.2, 0) is 0 Å². The standard InChI is InChI=1S/C16H22FN/c1-11(7-12-5-6-12)18-16-9-14(10-16)13-3-2-4-15(17)8-13/h2-4,8,11-12,14,16,18H,5-7,9-10H2,1H3. The van der Waals surface area contributed by atoms with Gasteiger partial charge in [0.1, 0.15) is 5.82 Å². The Morgan fingerprint density at radius 2 is 2.11 bits per heavy atom. The van der Waals surface area contributed by atoms with Gasteiger partial charge in [-0.2, -0.15) is 0 Å². The lowest BCUT2D eigenvalue weighted by molar-refractivity contribution is 0.262. The van der Waals surface area contributed by atoms with Gasteiger partial charge in [-0.15, -0.1) is 0 Å². The Hall–Kier alpha value is -0.890. The van der Waals surface area contributed by atoms with Gasteiger partial charge in [0.15, 0.2) is 0 Å². The minimum atomic E-state index is -0.106. The van der Waals surface area contributed by atoms with E-state index in [1.165, 1.54) is 43.7 Å². The second kappa shape index (κ2) is 5.00. The zero-order chi connectivity index (χ0) is 12.5. The number of benzene rings is 1. The van der Waals surface area contributed by atoms with Gasteiger partial charge in [-0.1, -0.05) is 25.0 Å². The Kier molecular flexibility index (Phi) is 3.38. The van der Waals surface area contributed by atoms with Crippen molar-refractivity contribution in [2.24, 2.45) is 5.92 Å². The molecule has 1 atom stereocenters. The lowest BCUT2D eigenvalue weighted by Gasteiger charge is -2.38. The van der Waals surface area contributed by atoms with E-state index in [1.54, 1.807) is 6.07 Å². The Bertz CT molecular complexity index is 407. The predicted molar refractivity (Wildman–Crippen MR) is 72.1 cm³/mol. The van der Waals surface area contributed by atoms with Crippen molar-refractivity contribution in [3.63, 3.8) is 0 Å². The van der Waals surface area contributed by atoms with Crippen LogP contribution < -0.4 is 5.32 Å². The van der Waals surface area contributed by atoms with Gasteiger partial charge < -0.3 is 5.32 Å². The molecule has 3 rings (SSSR count). The highest BCUT2D eigenvalue weighted by atomic mass is 19.1. The third kappa shape index (κ3) is 2.92. The van der Waals surface area contributed by atoms with Crippen molar-refractivity contribution in [1.29, 1.82) is 0 Å². The van der Waals surface area contributed by atoms with Gasteiger partial charge in [0, 0.05) is 12.1 Å². The monoisotopic (exact) mass is 247 g/mol. The molecule has 0 aliphatic heterocycles. The van der Waals surface area contributed by atoms with Crippen LogP contribution >= 0.6 is 0 Å². The maximum atomic E-state index is 13.1. The van der Waals surface area contributed by atoms with Crippen LogP contribution in [0.3, 0.4) is 0 Å². The van der Waals surface area contributed by atoms with E-state index in [4.69, 9.17) is 0 Å². The van der Waals surface area contributed by atoms with E-state index in [0.29, 0.717) is 18.0 Å². The third-order valence-electron chi connectivity index (χ3n) is 4.36. The maximum Gasteiger partial charge on any atom is 0.123 e. The minimum Gasteiger partial charge on any atom is -0.311 e. The molecule has 2 fully saturated rings. The zero-order valence-electron chi connectivity index (χ0n) is 11.0. The molecule has 1 unspecified atom stereocenters. The fraction of sp³-hybridized carbons (Fsp3) is 0.625. The van der Waals surface area contributed by atoms with E-state index in [9.17, 15) is 4.39 Å². The molecular formula is C16H22FN. The van der Waals surface area contributed by atoms with Gasteiger partial charge in [0.2, 0.25) is 0 Å². The SMILES string of the molecule is CC(CC1CC1)NC1CC(c2cccc(F)c2)C1.